The average Bonchev–Trinajstić information content (AvgIpc) is 2.54. The molecule has 0 N–H and O–H groups in total. The predicted octanol–water partition coefficient (Wildman–Crippen LogP) is 5.30. The van der Waals surface area contributed by atoms with Crippen LogP contribution in [0.4, 0.5) is 0 Å². The van der Waals surface area contributed by atoms with Crippen molar-refractivity contribution in [3.05, 3.63) is 0 Å². The first kappa shape index (κ1) is 21.1. The molecule has 0 saturated heterocycles. The molecule has 3 aliphatic carbocycles. The van der Waals surface area contributed by atoms with Crippen molar-refractivity contribution < 1.29 is 14.4 Å². The van der Waals surface area contributed by atoms with Gasteiger partial charge in [0, 0.05) is 38.0 Å². The summed E-state index contributed by atoms with van der Waals surface area (Å²) in [6.45, 7) is 6.39. The zero-order valence-electron chi connectivity index (χ0n) is 15.9. The quantitative estimate of drug-likeness (QED) is 0.603. The zero-order valence-corrected chi connectivity index (χ0v) is 15.9. The highest BCUT2D eigenvalue weighted by atomic mass is 16.1. The highest BCUT2D eigenvalue weighted by Gasteiger charge is 2.16. The average molecular weight is 337 g/mol. The summed E-state index contributed by atoms with van der Waals surface area (Å²) >= 11 is 0. The molecule has 3 aliphatic rings. The fourth-order valence-corrected chi connectivity index (χ4v) is 3.48. The first-order valence-electron chi connectivity index (χ1n) is 9.94. The molecule has 138 valence electrons. The van der Waals surface area contributed by atoms with E-state index < -0.39 is 0 Å². The maximum atomic E-state index is 10.8. The van der Waals surface area contributed by atoms with Crippen LogP contribution in [0.15, 0.2) is 0 Å². The third kappa shape index (κ3) is 9.34. The van der Waals surface area contributed by atoms with Crippen LogP contribution in [-0.2, 0) is 14.4 Å². The number of Topliss-reactive ketones (excluding diaryl/α,β-unsaturated/α-hetero) is 3. The van der Waals surface area contributed by atoms with E-state index in [0.29, 0.717) is 29.2 Å². The van der Waals surface area contributed by atoms with E-state index in [1.165, 1.54) is 12.8 Å². The van der Waals surface area contributed by atoms with Gasteiger partial charge in [0.15, 0.2) is 0 Å². The smallest absolute Gasteiger partial charge is 0.135 e. The van der Waals surface area contributed by atoms with Gasteiger partial charge in [-0.3, -0.25) is 14.4 Å². The monoisotopic (exact) mass is 336 g/mol. The molecule has 2 unspecified atom stereocenters. The van der Waals surface area contributed by atoms with Crippen molar-refractivity contribution in [2.24, 2.45) is 17.8 Å². The van der Waals surface area contributed by atoms with E-state index in [-0.39, 0.29) is 0 Å². The number of hydrogen-bond donors (Lipinski definition) is 0. The van der Waals surface area contributed by atoms with Gasteiger partial charge in [-0.25, -0.2) is 0 Å². The van der Waals surface area contributed by atoms with Crippen LogP contribution in [0.3, 0.4) is 0 Å². The standard InChI is InChI=1S/3C7H12O/c1-6-2-4-7(8)5-3-6;1-6-3-2-4-7(8)5-6;1-6-4-2-3-5-7(6)8/h3*6H,2-5H2,1H3. The molecule has 3 fully saturated rings. The second-order valence-electron chi connectivity index (χ2n) is 8.07. The van der Waals surface area contributed by atoms with Gasteiger partial charge in [0.05, 0.1) is 0 Å². The third-order valence-corrected chi connectivity index (χ3v) is 5.42. The molecule has 0 aromatic carbocycles. The molecule has 3 heteroatoms. The highest BCUT2D eigenvalue weighted by molar-refractivity contribution is 5.81. The summed E-state index contributed by atoms with van der Waals surface area (Å²) in [7, 11) is 0. The molecule has 0 bridgehead atoms. The van der Waals surface area contributed by atoms with E-state index in [4.69, 9.17) is 0 Å². The lowest BCUT2D eigenvalue weighted by Crippen LogP contribution is -2.14. The molecule has 0 radical (unpaired) electrons. The van der Waals surface area contributed by atoms with Crippen molar-refractivity contribution in [1.82, 2.24) is 0 Å². The molecule has 0 aliphatic heterocycles. The number of hydrogen-bond acceptors (Lipinski definition) is 3. The van der Waals surface area contributed by atoms with Crippen LogP contribution in [0.1, 0.15) is 97.8 Å². The maximum Gasteiger partial charge on any atom is 0.135 e. The van der Waals surface area contributed by atoms with Crippen molar-refractivity contribution in [2.45, 2.75) is 97.8 Å². The SMILES string of the molecule is CC1CCC(=O)CC1.CC1CCCC(=O)C1.CC1CCCCC1=O. The Balaban J connectivity index is 0.000000180. The minimum absolute atomic E-state index is 0.365. The maximum absolute atomic E-state index is 10.8. The molecule has 0 aromatic heterocycles. The lowest BCUT2D eigenvalue weighted by Gasteiger charge is -2.14. The molecular formula is C21H36O3. The van der Waals surface area contributed by atoms with Crippen molar-refractivity contribution >= 4 is 17.3 Å². The summed E-state index contributed by atoms with van der Waals surface area (Å²) in [6.07, 6.45) is 12.3. The van der Waals surface area contributed by atoms with Crippen LogP contribution >= 0.6 is 0 Å². The molecule has 3 rings (SSSR count). The van der Waals surface area contributed by atoms with Gasteiger partial charge in [0.2, 0.25) is 0 Å². The number of carbonyl (C=O) groups is 3. The molecule has 3 saturated carbocycles. The Morgan fingerprint density at radius 1 is 0.625 bits per heavy atom. The van der Waals surface area contributed by atoms with Gasteiger partial charge in [-0.15, -0.1) is 0 Å². The van der Waals surface area contributed by atoms with Gasteiger partial charge in [-0.1, -0.05) is 27.2 Å². The Kier molecular flexibility index (Phi) is 10.1. The Morgan fingerprint density at radius 3 is 1.67 bits per heavy atom. The Labute approximate surface area is 148 Å². The van der Waals surface area contributed by atoms with E-state index in [0.717, 1.165) is 70.1 Å². The normalized spacial score (nSPS) is 28.4. The van der Waals surface area contributed by atoms with Crippen LogP contribution in [0.5, 0.6) is 0 Å². The van der Waals surface area contributed by atoms with Gasteiger partial charge in [-0.05, 0) is 50.4 Å². The summed E-state index contributed by atoms with van der Waals surface area (Å²) in [4.78, 5) is 32.1. The van der Waals surface area contributed by atoms with Crippen LogP contribution in [0, 0.1) is 17.8 Å². The summed E-state index contributed by atoms with van der Waals surface area (Å²) in [5, 5.41) is 0. The van der Waals surface area contributed by atoms with Crippen LogP contribution in [0.25, 0.3) is 0 Å². The van der Waals surface area contributed by atoms with E-state index in [2.05, 4.69) is 13.8 Å². The Hall–Kier alpha value is -0.990. The molecule has 0 amide bonds. The summed E-state index contributed by atoms with van der Waals surface area (Å²) in [5.41, 5.74) is 0. The van der Waals surface area contributed by atoms with E-state index in [9.17, 15) is 14.4 Å². The van der Waals surface area contributed by atoms with E-state index >= 15 is 0 Å². The third-order valence-electron chi connectivity index (χ3n) is 5.42. The van der Waals surface area contributed by atoms with E-state index in [1.54, 1.807) is 0 Å². The van der Waals surface area contributed by atoms with Crippen LogP contribution < -0.4 is 0 Å². The highest BCUT2D eigenvalue weighted by Crippen LogP contribution is 2.20. The largest absolute Gasteiger partial charge is 0.300 e. The molecule has 0 aromatic rings. The zero-order chi connectivity index (χ0) is 17.9. The second kappa shape index (κ2) is 11.5. The molecule has 2 atom stereocenters. The Bertz CT molecular complexity index is 403. The fourth-order valence-electron chi connectivity index (χ4n) is 3.48. The van der Waals surface area contributed by atoms with Crippen LogP contribution in [-0.4, -0.2) is 17.3 Å². The van der Waals surface area contributed by atoms with Crippen molar-refractivity contribution in [2.75, 3.05) is 0 Å². The molecule has 24 heavy (non-hydrogen) atoms. The summed E-state index contributed by atoms with van der Waals surface area (Å²) < 4.78 is 0. The van der Waals surface area contributed by atoms with Crippen molar-refractivity contribution in [3.63, 3.8) is 0 Å². The number of carbonyl (C=O) groups excluding carboxylic acids is 3. The van der Waals surface area contributed by atoms with Gasteiger partial charge in [0.25, 0.3) is 0 Å². The summed E-state index contributed by atoms with van der Waals surface area (Å²) in [6, 6.07) is 0. The lowest BCUT2D eigenvalue weighted by atomic mass is 9.90. The van der Waals surface area contributed by atoms with Gasteiger partial charge >= 0.3 is 0 Å². The second-order valence-corrected chi connectivity index (χ2v) is 8.07. The molecular weight excluding hydrogens is 300 g/mol. The topological polar surface area (TPSA) is 51.2 Å². The van der Waals surface area contributed by atoms with Gasteiger partial charge in [0.1, 0.15) is 17.3 Å². The first-order chi connectivity index (χ1) is 11.4. The van der Waals surface area contributed by atoms with Gasteiger partial charge < -0.3 is 0 Å². The lowest BCUT2D eigenvalue weighted by molar-refractivity contribution is -0.124. The first-order valence-corrected chi connectivity index (χ1v) is 9.94. The minimum atomic E-state index is 0.365. The summed E-state index contributed by atoms with van der Waals surface area (Å²) in [5.74, 6) is 3.22. The number of ketones is 3. The predicted molar refractivity (Wildman–Crippen MR) is 97.9 cm³/mol. The Morgan fingerprint density at radius 2 is 1.29 bits per heavy atom. The van der Waals surface area contributed by atoms with Crippen LogP contribution in [0.2, 0.25) is 0 Å². The van der Waals surface area contributed by atoms with E-state index in [1.807, 2.05) is 6.92 Å². The molecule has 0 spiro atoms. The number of rotatable bonds is 0. The van der Waals surface area contributed by atoms with Crippen molar-refractivity contribution in [1.29, 1.82) is 0 Å². The molecule has 0 heterocycles. The van der Waals surface area contributed by atoms with Gasteiger partial charge in [-0.2, -0.15) is 0 Å². The molecule has 3 nitrogen and oxygen atoms in total. The van der Waals surface area contributed by atoms with Crippen molar-refractivity contribution in [3.8, 4) is 0 Å². The minimum Gasteiger partial charge on any atom is -0.300 e. The fraction of sp³-hybridized carbons (Fsp3) is 0.857.